The highest BCUT2D eigenvalue weighted by molar-refractivity contribution is 8.76. The number of ether oxygens (including phenoxy) is 3. The zero-order valence-electron chi connectivity index (χ0n) is 22.9. The van der Waals surface area contributed by atoms with Crippen LogP contribution >= 0.6 is 21.6 Å². The zero-order chi connectivity index (χ0) is 26.0. The number of rotatable bonds is 24. The molecule has 0 N–H and O–H groups in total. The number of hydrogen-bond acceptors (Lipinski definition) is 7. The van der Waals surface area contributed by atoms with Crippen molar-refractivity contribution in [3.05, 3.63) is 12.2 Å². The van der Waals surface area contributed by atoms with Crippen LogP contribution in [0.5, 0.6) is 0 Å². The van der Waals surface area contributed by atoms with E-state index in [1.807, 2.05) is 20.8 Å². The van der Waals surface area contributed by atoms with E-state index in [1.54, 1.807) is 21.6 Å². The minimum absolute atomic E-state index is 0.0992. The van der Waals surface area contributed by atoms with Crippen molar-refractivity contribution in [2.24, 2.45) is 0 Å². The number of carbonyl (C=O) groups is 2. The highest BCUT2D eigenvalue weighted by Gasteiger charge is 2.21. The molecule has 0 aromatic heterocycles. The van der Waals surface area contributed by atoms with Gasteiger partial charge in [0.15, 0.2) is 0 Å². The van der Waals surface area contributed by atoms with Crippen LogP contribution in [0.2, 0.25) is 0 Å². The van der Waals surface area contributed by atoms with Gasteiger partial charge in [0, 0.05) is 17.9 Å². The van der Waals surface area contributed by atoms with E-state index >= 15 is 0 Å². The molecule has 0 amide bonds. The van der Waals surface area contributed by atoms with E-state index in [-0.39, 0.29) is 5.97 Å². The summed E-state index contributed by atoms with van der Waals surface area (Å²) >= 11 is 0. The Hall–Kier alpha value is -0.820. The summed E-state index contributed by atoms with van der Waals surface area (Å²) in [4.78, 5) is 23.4. The van der Waals surface area contributed by atoms with E-state index < -0.39 is 11.8 Å². The average molecular weight is 533 g/mol. The highest BCUT2D eigenvalue weighted by Crippen LogP contribution is 2.21. The maximum atomic E-state index is 11.8. The Morgan fingerprint density at radius 3 is 1.80 bits per heavy atom. The molecule has 0 saturated heterocycles. The van der Waals surface area contributed by atoms with Gasteiger partial charge in [-0.15, -0.1) is 0 Å². The molecule has 0 heterocycles. The lowest BCUT2D eigenvalue weighted by molar-refractivity contribution is -0.143. The predicted octanol–water partition coefficient (Wildman–Crippen LogP) is 9.29. The van der Waals surface area contributed by atoms with Crippen LogP contribution in [0.25, 0.3) is 0 Å². The van der Waals surface area contributed by atoms with Crippen LogP contribution in [-0.2, 0) is 19.0 Å². The number of hydrogen-bond donors (Lipinski definition) is 0. The lowest BCUT2D eigenvalue weighted by atomic mass is 10.1. The van der Waals surface area contributed by atoms with E-state index in [0.717, 1.165) is 25.0 Å². The quantitative estimate of drug-likeness (QED) is 0.0531. The molecule has 0 aromatic rings. The predicted molar refractivity (Wildman–Crippen MR) is 152 cm³/mol. The van der Waals surface area contributed by atoms with Crippen LogP contribution in [0.3, 0.4) is 0 Å². The number of allylic oxidation sites excluding steroid dienone is 2. The SMILES string of the molecule is CCCCCCCC/C=C\CCCCCCCC(=O)OCCSSCCOC(=O)OC(C)(C)CC. The zero-order valence-corrected chi connectivity index (χ0v) is 24.6. The fraction of sp³-hybridized carbons (Fsp3) is 0.857. The Bertz CT molecular complexity index is 537. The van der Waals surface area contributed by atoms with Crippen LogP contribution in [0, 0.1) is 0 Å². The molecule has 0 radical (unpaired) electrons. The first-order valence-electron chi connectivity index (χ1n) is 13.8. The minimum atomic E-state index is -0.618. The molecule has 0 aromatic carbocycles. The Labute approximate surface area is 223 Å². The van der Waals surface area contributed by atoms with Crippen molar-refractivity contribution in [1.29, 1.82) is 0 Å². The molecule has 7 heteroatoms. The summed E-state index contributed by atoms with van der Waals surface area (Å²) < 4.78 is 15.6. The summed E-state index contributed by atoms with van der Waals surface area (Å²) in [5, 5.41) is 0. The first-order valence-corrected chi connectivity index (χ1v) is 16.3. The van der Waals surface area contributed by atoms with Crippen LogP contribution in [-0.4, -0.2) is 42.4 Å². The molecule has 0 aliphatic heterocycles. The Kier molecular flexibility index (Phi) is 24.3. The van der Waals surface area contributed by atoms with E-state index in [2.05, 4.69) is 19.1 Å². The molecule has 0 aliphatic carbocycles. The molecular weight excluding hydrogens is 480 g/mol. The molecule has 35 heavy (non-hydrogen) atoms. The smallest absolute Gasteiger partial charge is 0.465 e. The van der Waals surface area contributed by atoms with Gasteiger partial charge in [0.05, 0.1) is 0 Å². The third kappa shape index (κ3) is 26.1. The summed E-state index contributed by atoms with van der Waals surface area (Å²) in [5.74, 6) is 1.31. The van der Waals surface area contributed by atoms with Gasteiger partial charge >= 0.3 is 12.1 Å². The van der Waals surface area contributed by atoms with E-state index in [9.17, 15) is 9.59 Å². The Morgan fingerprint density at radius 1 is 0.714 bits per heavy atom. The molecule has 0 saturated carbocycles. The second-order valence-electron chi connectivity index (χ2n) is 9.51. The monoisotopic (exact) mass is 532 g/mol. The standard InChI is InChI=1S/C28H52O5S2/c1-5-7-8-9-10-11-12-13-14-15-16-17-18-19-20-21-26(29)31-22-24-34-35-25-23-32-27(30)33-28(3,4)6-2/h13-14H,5-12,15-25H2,1-4H3/b14-13-. The average Bonchev–Trinajstić information content (AvgIpc) is 2.83. The number of esters is 1. The normalized spacial score (nSPS) is 11.7. The lowest BCUT2D eigenvalue weighted by Gasteiger charge is -2.22. The Morgan fingerprint density at radius 2 is 1.23 bits per heavy atom. The third-order valence-corrected chi connectivity index (χ3v) is 8.09. The molecule has 0 fully saturated rings. The van der Waals surface area contributed by atoms with Crippen molar-refractivity contribution in [1.82, 2.24) is 0 Å². The summed E-state index contributed by atoms with van der Waals surface area (Å²) in [6, 6.07) is 0. The molecule has 5 nitrogen and oxygen atoms in total. The molecule has 0 unspecified atom stereocenters. The van der Waals surface area contributed by atoms with Crippen LogP contribution in [0.15, 0.2) is 12.2 Å². The van der Waals surface area contributed by atoms with Crippen molar-refractivity contribution >= 4 is 33.7 Å². The summed E-state index contributed by atoms with van der Waals surface area (Å²) in [6.07, 6.45) is 21.6. The third-order valence-electron chi connectivity index (χ3n) is 5.75. The first-order chi connectivity index (χ1) is 16.9. The fourth-order valence-corrected chi connectivity index (χ4v) is 4.86. The van der Waals surface area contributed by atoms with Crippen molar-refractivity contribution in [2.75, 3.05) is 24.7 Å². The second-order valence-corrected chi connectivity index (χ2v) is 12.2. The Balaban J connectivity index is 3.34. The van der Waals surface area contributed by atoms with Crippen molar-refractivity contribution in [2.45, 2.75) is 130 Å². The molecule has 0 atom stereocenters. The van der Waals surface area contributed by atoms with Crippen LogP contribution in [0.4, 0.5) is 4.79 Å². The largest absolute Gasteiger partial charge is 0.508 e. The molecule has 0 rings (SSSR count). The number of carbonyl (C=O) groups excluding carboxylic acids is 2. The van der Waals surface area contributed by atoms with Gasteiger partial charge in [0.1, 0.15) is 18.8 Å². The van der Waals surface area contributed by atoms with Gasteiger partial charge in [-0.25, -0.2) is 4.79 Å². The van der Waals surface area contributed by atoms with Crippen LogP contribution in [0.1, 0.15) is 124 Å². The highest BCUT2D eigenvalue weighted by atomic mass is 33.1. The molecular formula is C28H52O5S2. The fourth-order valence-electron chi connectivity index (χ4n) is 3.21. The van der Waals surface area contributed by atoms with Crippen molar-refractivity contribution in [3.8, 4) is 0 Å². The van der Waals surface area contributed by atoms with Crippen molar-refractivity contribution in [3.63, 3.8) is 0 Å². The van der Waals surface area contributed by atoms with E-state index in [4.69, 9.17) is 14.2 Å². The van der Waals surface area contributed by atoms with Gasteiger partial charge in [-0.1, -0.05) is 99.0 Å². The van der Waals surface area contributed by atoms with Gasteiger partial charge in [-0.3, -0.25) is 4.79 Å². The maximum absolute atomic E-state index is 11.8. The second kappa shape index (κ2) is 24.9. The van der Waals surface area contributed by atoms with Gasteiger partial charge in [-0.2, -0.15) is 0 Å². The van der Waals surface area contributed by atoms with Crippen LogP contribution < -0.4 is 0 Å². The summed E-state index contributed by atoms with van der Waals surface area (Å²) in [5.41, 5.74) is -0.493. The van der Waals surface area contributed by atoms with Gasteiger partial charge in [0.25, 0.3) is 0 Å². The molecule has 0 spiro atoms. The number of unbranched alkanes of at least 4 members (excludes halogenated alkanes) is 11. The van der Waals surface area contributed by atoms with Gasteiger partial charge in [-0.05, 0) is 52.4 Å². The molecule has 206 valence electrons. The minimum Gasteiger partial charge on any atom is -0.465 e. The van der Waals surface area contributed by atoms with Gasteiger partial charge in [0.2, 0.25) is 0 Å². The molecule has 0 bridgehead atoms. The summed E-state index contributed by atoms with van der Waals surface area (Å²) in [6.45, 7) is 8.68. The first kappa shape index (κ1) is 34.2. The molecule has 0 aliphatic rings. The van der Waals surface area contributed by atoms with Gasteiger partial charge < -0.3 is 14.2 Å². The topological polar surface area (TPSA) is 61.8 Å². The van der Waals surface area contributed by atoms with E-state index in [0.29, 0.717) is 25.4 Å². The lowest BCUT2D eigenvalue weighted by Crippen LogP contribution is -2.27. The van der Waals surface area contributed by atoms with Crippen molar-refractivity contribution < 1.29 is 23.8 Å². The van der Waals surface area contributed by atoms with E-state index in [1.165, 1.54) is 70.6 Å². The maximum Gasteiger partial charge on any atom is 0.508 e. The summed E-state index contributed by atoms with van der Waals surface area (Å²) in [7, 11) is 3.21.